The van der Waals surface area contributed by atoms with Gasteiger partial charge in [0.2, 0.25) is 0 Å². The molecule has 47 heavy (non-hydrogen) atoms. The molecule has 1 nitrogen and oxygen atoms in total. The van der Waals surface area contributed by atoms with E-state index < -0.39 is 0 Å². The highest BCUT2D eigenvalue weighted by Crippen LogP contribution is 2.48. The van der Waals surface area contributed by atoms with E-state index in [2.05, 4.69) is 160 Å². The Morgan fingerprint density at radius 3 is 1.72 bits per heavy atom. The molecule has 7 rings (SSSR count). The topological polar surface area (TPSA) is 13.1 Å². The van der Waals surface area contributed by atoms with E-state index in [1.807, 2.05) is 12.2 Å². The second kappa shape index (κ2) is 13.0. The van der Waals surface area contributed by atoms with Gasteiger partial charge in [-0.2, -0.15) is 0 Å². The Bertz CT molecular complexity index is 2260. The highest BCUT2D eigenvalue weighted by atomic mass is 16.3. The third-order valence-electron chi connectivity index (χ3n) is 9.14. The van der Waals surface area contributed by atoms with Crippen molar-refractivity contribution in [3.63, 3.8) is 0 Å². The minimum atomic E-state index is 0.898. The number of rotatable bonds is 9. The molecule has 0 aliphatic carbocycles. The van der Waals surface area contributed by atoms with Gasteiger partial charge in [0.1, 0.15) is 11.3 Å². The average Bonchev–Trinajstić information content (AvgIpc) is 3.46. The predicted octanol–water partition coefficient (Wildman–Crippen LogP) is 13.7. The van der Waals surface area contributed by atoms with Crippen LogP contribution in [0.15, 0.2) is 145 Å². The minimum absolute atomic E-state index is 0.898. The molecule has 0 saturated heterocycles. The van der Waals surface area contributed by atoms with Crippen molar-refractivity contribution in [3.8, 4) is 44.5 Å². The summed E-state index contributed by atoms with van der Waals surface area (Å²) in [6.07, 6.45) is 10.6. The predicted molar refractivity (Wildman–Crippen MR) is 204 cm³/mol. The Balaban J connectivity index is 1.53. The van der Waals surface area contributed by atoms with Crippen LogP contribution in [-0.2, 0) is 0 Å². The molecule has 0 amide bonds. The zero-order chi connectivity index (χ0) is 32.3. The largest absolute Gasteiger partial charge is 0.460 e. The van der Waals surface area contributed by atoms with E-state index in [0.29, 0.717) is 0 Å². The van der Waals surface area contributed by atoms with E-state index in [0.717, 1.165) is 74.1 Å². The van der Waals surface area contributed by atoms with Crippen LogP contribution in [0.5, 0.6) is 0 Å². The Labute approximate surface area is 277 Å². The van der Waals surface area contributed by atoms with Gasteiger partial charge in [-0.15, -0.1) is 0 Å². The van der Waals surface area contributed by atoms with Gasteiger partial charge in [0, 0.05) is 16.5 Å². The van der Waals surface area contributed by atoms with Crippen LogP contribution in [0.4, 0.5) is 0 Å². The average molecular weight is 607 g/mol. The van der Waals surface area contributed by atoms with Gasteiger partial charge >= 0.3 is 0 Å². The van der Waals surface area contributed by atoms with Crippen LogP contribution in [0, 0.1) is 6.92 Å². The standard InChI is InChI=1S/C46H38O/c1-5-8-11-22-38-31(4)47-46-39(34-27-25-33(26-28-34)32-18-12-9-13-19-32)29-30-42(45(38)46)44-37(7-3)36(6-2)43(35-20-14-10-15-21-35)40-23-16-17-24-41(40)44/h6-7,9-30H,2-3,5,8H2,1,4H3/b22-11-. The summed E-state index contributed by atoms with van der Waals surface area (Å²) in [5, 5.41) is 3.48. The van der Waals surface area contributed by atoms with Gasteiger partial charge in [-0.05, 0) is 80.3 Å². The molecular formula is C46H38O. The molecule has 0 radical (unpaired) electrons. The van der Waals surface area contributed by atoms with Crippen LogP contribution in [0.1, 0.15) is 42.2 Å². The number of hydrogen-bond donors (Lipinski definition) is 0. The van der Waals surface area contributed by atoms with E-state index in [1.165, 1.54) is 27.5 Å². The Morgan fingerprint density at radius 1 is 0.553 bits per heavy atom. The Hall–Kier alpha value is -5.66. The van der Waals surface area contributed by atoms with Crippen molar-refractivity contribution in [3.05, 3.63) is 163 Å². The third-order valence-corrected chi connectivity index (χ3v) is 9.14. The lowest BCUT2D eigenvalue weighted by Crippen LogP contribution is -1.97. The lowest BCUT2D eigenvalue weighted by atomic mass is 9.82. The maximum Gasteiger partial charge on any atom is 0.143 e. The normalized spacial score (nSPS) is 11.4. The first-order valence-electron chi connectivity index (χ1n) is 16.4. The molecule has 6 aromatic carbocycles. The zero-order valence-electron chi connectivity index (χ0n) is 27.1. The van der Waals surface area contributed by atoms with Gasteiger partial charge in [-0.1, -0.05) is 166 Å². The van der Waals surface area contributed by atoms with Crippen molar-refractivity contribution in [1.29, 1.82) is 0 Å². The molecule has 1 aromatic heterocycles. The summed E-state index contributed by atoms with van der Waals surface area (Å²) in [4.78, 5) is 0. The molecular weight excluding hydrogens is 569 g/mol. The summed E-state index contributed by atoms with van der Waals surface area (Å²) in [5.41, 5.74) is 13.4. The van der Waals surface area contributed by atoms with E-state index in [9.17, 15) is 0 Å². The molecule has 0 aliphatic rings. The molecule has 0 N–H and O–H groups in total. The molecule has 0 aliphatic heterocycles. The molecule has 7 aromatic rings. The van der Waals surface area contributed by atoms with Crippen LogP contribution in [0.3, 0.4) is 0 Å². The summed E-state index contributed by atoms with van der Waals surface area (Å²) < 4.78 is 6.73. The first-order chi connectivity index (χ1) is 23.1. The molecule has 0 bridgehead atoms. The highest BCUT2D eigenvalue weighted by molar-refractivity contribution is 6.17. The lowest BCUT2D eigenvalue weighted by molar-refractivity contribution is 0.578. The zero-order valence-corrected chi connectivity index (χ0v) is 27.1. The van der Waals surface area contributed by atoms with Crippen molar-refractivity contribution in [2.24, 2.45) is 0 Å². The van der Waals surface area contributed by atoms with Gasteiger partial charge in [0.15, 0.2) is 0 Å². The maximum atomic E-state index is 6.73. The van der Waals surface area contributed by atoms with Gasteiger partial charge in [-0.25, -0.2) is 0 Å². The summed E-state index contributed by atoms with van der Waals surface area (Å²) >= 11 is 0. The number of furan rings is 1. The SMILES string of the molecule is C=Cc1c(C=C)c(-c2ccc(-c3ccc(-c4ccccc4)cc3)c3oc(C)c(/C=C\CCC)c23)c2ccccc2c1-c1ccccc1. The number of benzene rings is 6. The molecule has 0 saturated carbocycles. The number of allylic oxidation sites excluding steroid dienone is 1. The van der Waals surface area contributed by atoms with Crippen LogP contribution < -0.4 is 0 Å². The number of aryl methyl sites for hydroxylation is 1. The quantitative estimate of drug-likeness (QED) is 0.159. The Kier molecular flexibility index (Phi) is 8.29. The summed E-state index contributed by atoms with van der Waals surface area (Å²) in [7, 11) is 0. The molecule has 0 atom stereocenters. The van der Waals surface area contributed by atoms with E-state index in [4.69, 9.17) is 4.42 Å². The fourth-order valence-corrected chi connectivity index (χ4v) is 6.93. The third kappa shape index (κ3) is 5.34. The molecule has 0 unspecified atom stereocenters. The van der Waals surface area contributed by atoms with Crippen LogP contribution >= 0.6 is 0 Å². The summed E-state index contributed by atoms with van der Waals surface area (Å²) in [6, 6.07) is 43.1. The molecule has 228 valence electrons. The highest BCUT2D eigenvalue weighted by Gasteiger charge is 2.24. The summed E-state index contributed by atoms with van der Waals surface area (Å²) in [5.74, 6) is 0.913. The van der Waals surface area contributed by atoms with Crippen LogP contribution in [0.25, 0.3) is 84.5 Å². The molecule has 0 fully saturated rings. The second-order valence-corrected chi connectivity index (χ2v) is 12.0. The molecule has 1 heteroatoms. The first kappa shape index (κ1) is 30.0. The fraction of sp³-hybridized carbons (Fsp3) is 0.0870. The van der Waals surface area contributed by atoms with Gasteiger partial charge in [-0.3, -0.25) is 0 Å². The summed E-state index contributed by atoms with van der Waals surface area (Å²) in [6.45, 7) is 12.9. The van der Waals surface area contributed by atoms with E-state index in [-0.39, 0.29) is 0 Å². The van der Waals surface area contributed by atoms with Crippen molar-refractivity contribution in [1.82, 2.24) is 0 Å². The smallest absolute Gasteiger partial charge is 0.143 e. The molecule has 1 heterocycles. The van der Waals surface area contributed by atoms with Crippen LogP contribution in [0.2, 0.25) is 0 Å². The van der Waals surface area contributed by atoms with Crippen molar-refractivity contribution < 1.29 is 4.42 Å². The van der Waals surface area contributed by atoms with Crippen molar-refractivity contribution >= 4 is 40.0 Å². The fourth-order valence-electron chi connectivity index (χ4n) is 6.93. The van der Waals surface area contributed by atoms with E-state index >= 15 is 0 Å². The van der Waals surface area contributed by atoms with Crippen molar-refractivity contribution in [2.75, 3.05) is 0 Å². The minimum Gasteiger partial charge on any atom is -0.460 e. The number of hydrogen-bond acceptors (Lipinski definition) is 1. The van der Waals surface area contributed by atoms with Crippen LogP contribution in [-0.4, -0.2) is 0 Å². The first-order valence-corrected chi connectivity index (χ1v) is 16.4. The van der Waals surface area contributed by atoms with Gasteiger partial charge < -0.3 is 4.42 Å². The lowest BCUT2D eigenvalue weighted by Gasteiger charge is -2.21. The number of fused-ring (bicyclic) bond motifs is 2. The number of unbranched alkanes of at least 4 members (excludes halogenated alkanes) is 1. The Morgan fingerprint density at radius 2 is 1.09 bits per heavy atom. The van der Waals surface area contributed by atoms with E-state index in [1.54, 1.807) is 0 Å². The van der Waals surface area contributed by atoms with Crippen molar-refractivity contribution in [2.45, 2.75) is 26.7 Å². The molecule has 0 spiro atoms. The van der Waals surface area contributed by atoms with Gasteiger partial charge in [0.25, 0.3) is 0 Å². The maximum absolute atomic E-state index is 6.73. The second-order valence-electron chi connectivity index (χ2n) is 12.0. The van der Waals surface area contributed by atoms with Gasteiger partial charge in [0.05, 0.1) is 0 Å². The monoisotopic (exact) mass is 606 g/mol.